The molecule has 1 unspecified atom stereocenters. The minimum Gasteiger partial charge on any atom is -0.497 e. The molecule has 5 rings (SSSR count). The van der Waals surface area contributed by atoms with Crippen molar-refractivity contribution in [3.05, 3.63) is 71.9 Å². The van der Waals surface area contributed by atoms with Crippen LogP contribution < -0.4 is 10.1 Å². The van der Waals surface area contributed by atoms with Gasteiger partial charge in [-0.2, -0.15) is 0 Å². The van der Waals surface area contributed by atoms with E-state index in [9.17, 15) is 14.4 Å². The molecule has 0 spiro atoms. The number of ether oxygens (including phenoxy) is 4. The summed E-state index contributed by atoms with van der Waals surface area (Å²) in [6, 6.07) is 17.0. The first-order valence-corrected chi connectivity index (χ1v) is 16.1. The van der Waals surface area contributed by atoms with Gasteiger partial charge >= 0.3 is 6.09 Å². The number of nitrogens with one attached hydrogen (secondary N) is 1. The van der Waals surface area contributed by atoms with Crippen molar-refractivity contribution in [3.8, 4) is 5.75 Å². The van der Waals surface area contributed by atoms with E-state index in [0.717, 1.165) is 51.7 Å². The molecule has 1 aliphatic heterocycles. The Morgan fingerprint density at radius 3 is 2.45 bits per heavy atom. The molecule has 47 heavy (non-hydrogen) atoms. The number of carbonyl (C=O) groups is 3. The van der Waals surface area contributed by atoms with Crippen molar-refractivity contribution in [2.24, 2.45) is 0 Å². The Morgan fingerprint density at radius 2 is 1.70 bits per heavy atom. The van der Waals surface area contributed by atoms with E-state index >= 15 is 0 Å². The number of imide groups is 1. The van der Waals surface area contributed by atoms with E-state index in [0.29, 0.717) is 39.4 Å². The number of amides is 3. The van der Waals surface area contributed by atoms with Crippen molar-refractivity contribution < 1.29 is 33.3 Å². The lowest BCUT2D eigenvalue weighted by Gasteiger charge is -2.32. The van der Waals surface area contributed by atoms with Gasteiger partial charge in [-0.1, -0.05) is 30.3 Å². The average molecular weight is 645 g/mol. The van der Waals surface area contributed by atoms with Crippen LogP contribution in [0.3, 0.4) is 0 Å². The van der Waals surface area contributed by atoms with Crippen molar-refractivity contribution >= 4 is 39.8 Å². The first-order chi connectivity index (χ1) is 22.6. The van der Waals surface area contributed by atoms with Gasteiger partial charge in [0.25, 0.3) is 5.91 Å². The standard InChI is InChI=1S/C36H44N4O7/c1-36(2,3)47-35(43)37-17-19-46-21-20-45-18-7-8-26-22-29-28-9-5-6-10-30(28)40(33(29)38-23-26)31-15-16-32(41)39(34(31)42)24-25-11-13-27(44-4)14-12-25/h5-6,9-14,22-23,31H,7-8,15-21,24H2,1-4H3,(H,37,43). The van der Waals surface area contributed by atoms with Crippen LogP contribution in [0.5, 0.6) is 5.75 Å². The third-order valence-corrected chi connectivity index (χ3v) is 7.94. The maximum atomic E-state index is 13.9. The highest BCUT2D eigenvalue weighted by Gasteiger charge is 2.37. The summed E-state index contributed by atoms with van der Waals surface area (Å²) < 4.78 is 23.7. The Hall–Kier alpha value is -4.48. The van der Waals surface area contributed by atoms with Gasteiger partial charge in [0.2, 0.25) is 5.91 Å². The van der Waals surface area contributed by atoms with E-state index in [2.05, 4.69) is 17.4 Å². The molecule has 0 saturated carbocycles. The zero-order valence-corrected chi connectivity index (χ0v) is 27.6. The number of pyridine rings is 1. The summed E-state index contributed by atoms with van der Waals surface area (Å²) in [5, 5.41) is 4.67. The molecule has 3 heterocycles. The lowest BCUT2D eigenvalue weighted by atomic mass is 10.0. The van der Waals surface area contributed by atoms with Crippen molar-refractivity contribution in [2.75, 3.05) is 40.1 Å². The van der Waals surface area contributed by atoms with Gasteiger partial charge in [0.05, 0.1) is 39.0 Å². The van der Waals surface area contributed by atoms with Crippen LogP contribution in [0.25, 0.3) is 21.9 Å². The highest BCUT2D eigenvalue weighted by Crippen LogP contribution is 2.36. The number of hydrogen-bond donors (Lipinski definition) is 1. The van der Waals surface area contributed by atoms with Crippen molar-refractivity contribution in [2.45, 2.75) is 64.6 Å². The van der Waals surface area contributed by atoms with Crippen LogP contribution in [0.4, 0.5) is 4.79 Å². The normalized spacial score (nSPS) is 15.4. The Labute approximate surface area is 275 Å². The molecule has 0 bridgehead atoms. The summed E-state index contributed by atoms with van der Waals surface area (Å²) >= 11 is 0. The first-order valence-electron chi connectivity index (χ1n) is 16.1. The fourth-order valence-corrected chi connectivity index (χ4v) is 5.75. The fraction of sp³-hybridized carbons (Fsp3) is 0.444. The van der Waals surface area contributed by atoms with Crippen LogP contribution in [0, 0.1) is 0 Å². The number of hydrogen-bond acceptors (Lipinski definition) is 8. The number of piperidine rings is 1. The van der Waals surface area contributed by atoms with Crippen LogP contribution in [0.1, 0.15) is 57.2 Å². The highest BCUT2D eigenvalue weighted by molar-refractivity contribution is 6.09. The van der Waals surface area contributed by atoms with Crippen LogP contribution in [0.2, 0.25) is 0 Å². The number of nitrogens with zero attached hydrogens (tertiary/aromatic N) is 3. The van der Waals surface area contributed by atoms with Gasteiger partial charge in [-0.25, -0.2) is 9.78 Å². The Kier molecular flexibility index (Phi) is 11.1. The van der Waals surface area contributed by atoms with Gasteiger partial charge in [0.15, 0.2) is 0 Å². The topological polar surface area (TPSA) is 121 Å². The molecule has 1 saturated heterocycles. The summed E-state index contributed by atoms with van der Waals surface area (Å²) in [5.74, 6) is 0.340. The lowest BCUT2D eigenvalue weighted by Crippen LogP contribution is -2.45. The van der Waals surface area contributed by atoms with E-state index < -0.39 is 17.7 Å². The van der Waals surface area contributed by atoms with Crippen molar-refractivity contribution in [3.63, 3.8) is 0 Å². The number of para-hydroxylation sites is 1. The molecule has 0 radical (unpaired) electrons. The van der Waals surface area contributed by atoms with Gasteiger partial charge in [-0.05, 0) is 75.4 Å². The van der Waals surface area contributed by atoms with Crippen molar-refractivity contribution in [1.82, 2.24) is 19.8 Å². The smallest absolute Gasteiger partial charge is 0.407 e. The number of alkyl carbamates (subject to hydrolysis) is 1. The number of fused-ring (bicyclic) bond motifs is 3. The monoisotopic (exact) mass is 644 g/mol. The summed E-state index contributed by atoms with van der Waals surface area (Å²) in [6.45, 7) is 7.90. The third kappa shape index (κ3) is 8.66. The van der Waals surface area contributed by atoms with Crippen LogP contribution in [0.15, 0.2) is 60.8 Å². The fourth-order valence-electron chi connectivity index (χ4n) is 5.75. The molecule has 250 valence electrons. The summed E-state index contributed by atoms with van der Waals surface area (Å²) in [7, 11) is 1.60. The lowest BCUT2D eigenvalue weighted by molar-refractivity contribution is -0.151. The van der Waals surface area contributed by atoms with E-state index in [1.54, 1.807) is 7.11 Å². The molecule has 1 aliphatic rings. The average Bonchev–Trinajstić information content (AvgIpc) is 3.37. The Bertz CT molecular complexity index is 1690. The molecule has 11 nitrogen and oxygen atoms in total. The molecule has 1 N–H and O–H groups in total. The van der Waals surface area contributed by atoms with Gasteiger partial charge < -0.3 is 28.8 Å². The minimum atomic E-state index is -0.532. The quantitative estimate of drug-likeness (QED) is 0.140. The van der Waals surface area contributed by atoms with E-state index in [4.69, 9.17) is 23.9 Å². The number of aryl methyl sites for hydroxylation is 1. The van der Waals surface area contributed by atoms with Gasteiger partial charge in [0.1, 0.15) is 23.0 Å². The first kappa shape index (κ1) is 33.9. The number of methoxy groups -OCH3 is 1. The molecule has 1 fully saturated rings. The molecule has 2 aromatic heterocycles. The number of rotatable bonds is 14. The number of benzene rings is 2. The molecule has 4 aromatic rings. The highest BCUT2D eigenvalue weighted by atomic mass is 16.6. The van der Waals surface area contributed by atoms with E-state index in [1.807, 2.05) is 74.0 Å². The molecule has 0 aliphatic carbocycles. The zero-order chi connectivity index (χ0) is 33.4. The van der Waals surface area contributed by atoms with Gasteiger partial charge in [-0.15, -0.1) is 0 Å². The van der Waals surface area contributed by atoms with Gasteiger partial charge in [0, 0.05) is 36.5 Å². The second-order valence-electron chi connectivity index (χ2n) is 12.6. The Morgan fingerprint density at radius 1 is 0.957 bits per heavy atom. The van der Waals surface area contributed by atoms with Crippen LogP contribution >= 0.6 is 0 Å². The zero-order valence-electron chi connectivity index (χ0n) is 27.6. The summed E-state index contributed by atoms with van der Waals surface area (Å²) in [5.41, 5.74) is 3.08. The second kappa shape index (κ2) is 15.4. The molecule has 3 amide bonds. The molecule has 2 aromatic carbocycles. The second-order valence-corrected chi connectivity index (χ2v) is 12.6. The van der Waals surface area contributed by atoms with Crippen molar-refractivity contribution in [1.29, 1.82) is 0 Å². The SMILES string of the molecule is COc1ccc(CN2C(=O)CCC(n3c4ccccc4c4cc(CCCOCCOCCNC(=O)OC(C)(C)C)cnc43)C2=O)cc1. The summed E-state index contributed by atoms with van der Waals surface area (Å²) in [6.07, 6.45) is 3.72. The van der Waals surface area contributed by atoms with Crippen LogP contribution in [-0.2, 0) is 36.8 Å². The molecule has 11 heteroatoms. The van der Waals surface area contributed by atoms with Gasteiger partial charge in [-0.3, -0.25) is 14.5 Å². The third-order valence-electron chi connectivity index (χ3n) is 7.94. The maximum Gasteiger partial charge on any atom is 0.407 e. The van der Waals surface area contributed by atoms with Crippen LogP contribution in [-0.4, -0.2) is 78.0 Å². The molecular formula is C36H44N4O7. The number of carbonyl (C=O) groups excluding carboxylic acids is 3. The summed E-state index contributed by atoms with van der Waals surface area (Å²) in [4.78, 5) is 44.7. The Balaban J connectivity index is 1.17. The molecule has 1 atom stereocenters. The van der Waals surface area contributed by atoms with E-state index in [1.165, 1.54) is 4.90 Å². The number of likely N-dealkylation sites (tertiary alicyclic amines) is 1. The number of aromatic nitrogens is 2. The maximum absolute atomic E-state index is 13.9. The van der Waals surface area contributed by atoms with E-state index in [-0.39, 0.29) is 24.8 Å². The molecular weight excluding hydrogens is 600 g/mol. The predicted molar refractivity (Wildman–Crippen MR) is 178 cm³/mol. The minimum absolute atomic E-state index is 0.165. The predicted octanol–water partition coefficient (Wildman–Crippen LogP) is 5.58. The largest absolute Gasteiger partial charge is 0.497 e.